The van der Waals surface area contributed by atoms with Crippen LogP contribution in [0.25, 0.3) is 0 Å². The minimum absolute atomic E-state index is 0.107. The number of piperazine rings is 1. The summed E-state index contributed by atoms with van der Waals surface area (Å²) >= 11 is 3.16. The van der Waals surface area contributed by atoms with Crippen LogP contribution in [0.1, 0.15) is 18.4 Å². The third-order valence-corrected chi connectivity index (χ3v) is 5.39. The van der Waals surface area contributed by atoms with Gasteiger partial charge >= 0.3 is 0 Å². The molecule has 2 aliphatic heterocycles. The van der Waals surface area contributed by atoms with Crippen molar-refractivity contribution in [3.63, 3.8) is 0 Å². The molecule has 0 aliphatic carbocycles. The number of hydrogen-bond acceptors (Lipinski definition) is 3. The van der Waals surface area contributed by atoms with Gasteiger partial charge in [-0.15, -0.1) is 0 Å². The Bertz CT molecular complexity index is 671. The Labute approximate surface area is 161 Å². The van der Waals surface area contributed by atoms with Gasteiger partial charge in [-0.1, -0.05) is 6.07 Å². The summed E-state index contributed by atoms with van der Waals surface area (Å²) in [4.78, 5) is 20.7. The second kappa shape index (κ2) is 8.81. The van der Waals surface area contributed by atoms with Crippen molar-refractivity contribution in [2.45, 2.75) is 25.5 Å². The number of carbonyl (C=O) groups is 1. The van der Waals surface area contributed by atoms with E-state index in [1.807, 2.05) is 11.0 Å². The Morgan fingerprint density at radius 2 is 2.08 bits per heavy atom. The van der Waals surface area contributed by atoms with Gasteiger partial charge in [-0.3, -0.25) is 9.79 Å². The van der Waals surface area contributed by atoms with Gasteiger partial charge in [0.25, 0.3) is 5.91 Å². The van der Waals surface area contributed by atoms with Gasteiger partial charge in [-0.2, -0.15) is 0 Å². The molecule has 2 aliphatic rings. The first-order valence-electron chi connectivity index (χ1n) is 8.88. The summed E-state index contributed by atoms with van der Waals surface area (Å²) in [6, 6.07) is 5.07. The second-order valence-electron chi connectivity index (χ2n) is 6.46. The predicted octanol–water partition coefficient (Wildman–Crippen LogP) is 1.99. The largest absolute Gasteiger partial charge is 0.368 e. The Kier molecular flexibility index (Phi) is 6.48. The molecule has 3 rings (SSSR count). The Morgan fingerprint density at radius 1 is 1.35 bits per heavy atom. The summed E-state index contributed by atoms with van der Waals surface area (Å²) < 4.78 is 19.6. The second-order valence-corrected chi connectivity index (χ2v) is 7.32. The van der Waals surface area contributed by atoms with Crippen LogP contribution in [0.4, 0.5) is 4.39 Å². The molecule has 0 saturated carbocycles. The summed E-state index contributed by atoms with van der Waals surface area (Å²) in [6.45, 7) is 3.92. The number of halogens is 2. The highest BCUT2D eigenvalue weighted by Gasteiger charge is 2.30. The molecular formula is C18H24BrFN4O2. The van der Waals surface area contributed by atoms with E-state index >= 15 is 0 Å². The number of aliphatic imine (C=N–C) groups is 1. The van der Waals surface area contributed by atoms with Crippen LogP contribution in [0.3, 0.4) is 0 Å². The first-order chi connectivity index (χ1) is 12.6. The van der Waals surface area contributed by atoms with E-state index < -0.39 is 0 Å². The molecule has 0 spiro atoms. The minimum atomic E-state index is -0.277. The van der Waals surface area contributed by atoms with Gasteiger partial charge in [0.1, 0.15) is 11.9 Å². The smallest absolute Gasteiger partial charge is 0.251 e. The zero-order chi connectivity index (χ0) is 18.5. The zero-order valence-corrected chi connectivity index (χ0v) is 16.5. The molecule has 1 N–H and O–H groups in total. The zero-order valence-electron chi connectivity index (χ0n) is 14.9. The summed E-state index contributed by atoms with van der Waals surface area (Å²) in [5.41, 5.74) is 0.846. The monoisotopic (exact) mass is 426 g/mol. The number of nitrogens with one attached hydrogen (secondary N) is 1. The van der Waals surface area contributed by atoms with E-state index in [0.29, 0.717) is 43.8 Å². The molecule has 8 heteroatoms. The lowest BCUT2D eigenvalue weighted by molar-refractivity contribution is -0.142. The molecule has 1 unspecified atom stereocenters. The summed E-state index contributed by atoms with van der Waals surface area (Å²) in [5, 5.41) is 3.27. The van der Waals surface area contributed by atoms with Crippen LogP contribution >= 0.6 is 15.9 Å². The Morgan fingerprint density at radius 3 is 2.69 bits per heavy atom. The molecule has 6 nitrogen and oxygen atoms in total. The average Bonchev–Trinajstić information content (AvgIpc) is 3.20. The predicted molar refractivity (Wildman–Crippen MR) is 101 cm³/mol. The van der Waals surface area contributed by atoms with E-state index in [1.165, 1.54) is 6.07 Å². The van der Waals surface area contributed by atoms with Gasteiger partial charge in [0, 0.05) is 46.4 Å². The van der Waals surface area contributed by atoms with Gasteiger partial charge in [0.05, 0.1) is 4.47 Å². The van der Waals surface area contributed by atoms with Gasteiger partial charge in [0.2, 0.25) is 0 Å². The fraction of sp³-hybridized carbons (Fsp3) is 0.556. The minimum Gasteiger partial charge on any atom is -0.368 e. The van der Waals surface area contributed by atoms with Crippen molar-refractivity contribution in [1.82, 2.24) is 15.1 Å². The van der Waals surface area contributed by atoms with Crippen LogP contribution in [-0.4, -0.2) is 67.6 Å². The summed E-state index contributed by atoms with van der Waals surface area (Å²) in [7, 11) is 1.73. The normalized spacial score (nSPS) is 21.2. The molecule has 0 bridgehead atoms. The molecular weight excluding hydrogens is 403 g/mol. The van der Waals surface area contributed by atoms with E-state index in [2.05, 4.69) is 31.1 Å². The molecule has 1 aromatic carbocycles. The van der Waals surface area contributed by atoms with Crippen molar-refractivity contribution in [1.29, 1.82) is 0 Å². The van der Waals surface area contributed by atoms with Crippen LogP contribution in [0.5, 0.6) is 0 Å². The van der Waals surface area contributed by atoms with Gasteiger partial charge < -0.3 is 19.9 Å². The van der Waals surface area contributed by atoms with Crippen molar-refractivity contribution >= 4 is 27.8 Å². The fourth-order valence-corrected chi connectivity index (χ4v) is 3.52. The van der Waals surface area contributed by atoms with E-state index in [4.69, 9.17) is 4.74 Å². The van der Waals surface area contributed by atoms with Crippen molar-refractivity contribution in [3.8, 4) is 0 Å². The lowest BCUT2D eigenvalue weighted by Gasteiger charge is -2.37. The average molecular weight is 427 g/mol. The van der Waals surface area contributed by atoms with E-state index in [9.17, 15) is 9.18 Å². The molecule has 1 aromatic rings. The molecule has 142 valence electrons. The molecule has 2 fully saturated rings. The van der Waals surface area contributed by atoms with Crippen molar-refractivity contribution < 1.29 is 13.9 Å². The van der Waals surface area contributed by atoms with E-state index in [-0.39, 0.29) is 17.8 Å². The molecule has 2 heterocycles. The van der Waals surface area contributed by atoms with Crippen LogP contribution in [0.15, 0.2) is 27.7 Å². The molecule has 26 heavy (non-hydrogen) atoms. The highest BCUT2D eigenvalue weighted by atomic mass is 79.9. The van der Waals surface area contributed by atoms with Crippen molar-refractivity contribution in [2.75, 3.05) is 39.8 Å². The third-order valence-electron chi connectivity index (χ3n) is 4.74. The van der Waals surface area contributed by atoms with E-state index in [0.717, 1.165) is 24.4 Å². The number of rotatable bonds is 3. The maximum absolute atomic E-state index is 13.6. The number of amides is 1. The van der Waals surface area contributed by atoms with Crippen LogP contribution < -0.4 is 5.32 Å². The third kappa shape index (κ3) is 4.54. The topological polar surface area (TPSA) is 57.2 Å². The number of nitrogens with zero attached hydrogens (tertiary/aromatic N) is 3. The van der Waals surface area contributed by atoms with Gasteiger partial charge in [-0.25, -0.2) is 4.39 Å². The number of guanidine groups is 1. The Balaban J connectivity index is 1.50. The summed E-state index contributed by atoms with van der Waals surface area (Å²) in [5.74, 6) is 0.591. The molecule has 2 saturated heterocycles. The maximum Gasteiger partial charge on any atom is 0.251 e. The molecule has 1 atom stereocenters. The maximum atomic E-state index is 13.6. The van der Waals surface area contributed by atoms with E-state index in [1.54, 1.807) is 13.1 Å². The fourth-order valence-electron chi connectivity index (χ4n) is 3.28. The van der Waals surface area contributed by atoms with Crippen LogP contribution in [-0.2, 0) is 16.1 Å². The molecule has 0 aromatic heterocycles. The lowest BCUT2D eigenvalue weighted by atomic mass is 10.2. The number of hydrogen-bond donors (Lipinski definition) is 1. The first kappa shape index (κ1) is 19.1. The highest BCUT2D eigenvalue weighted by molar-refractivity contribution is 9.10. The number of ether oxygens (including phenoxy) is 1. The molecule has 0 radical (unpaired) electrons. The van der Waals surface area contributed by atoms with Crippen LogP contribution in [0.2, 0.25) is 0 Å². The van der Waals surface area contributed by atoms with Gasteiger partial charge in [0.15, 0.2) is 5.96 Å². The number of carbonyl (C=O) groups excluding carboxylic acids is 1. The van der Waals surface area contributed by atoms with Crippen molar-refractivity contribution in [2.24, 2.45) is 4.99 Å². The van der Waals surface area contributed by atoms with Crippen LogP contribution in [0, 0.1) is 5.82 Å². The first-order valence-corrected chi connectivity index (χ1v) is 9.67. The molecule has 1 amide bonds. The standard InChI is InChI=1S/C18H24BrFN4O2/c1-21-18(22-12-13-4-5-14(19)15(20)11-13)24-8-6-23(7-9-24)17(25)16-3-2-10-26-16/h4-5,11,16H,2-3,6-10,12H2,1H3,(H,21,22). The quantitative estimate of drug-likeness (QED) is 0.592. The Hall–Kier alpha value is -1.67. The van der Waals surface area contributed by atoms with Crippen molar-refractivity contribution in [3.05, 3.63) is 34.1 Å². The highest BCUT2D eigenvalue weighted by Crippen LogP contribution is 2.17. The van der Waals surface area contributed by atoms with Gasteiger partial charge in [-0.05, 0) is 46.5 Å². The number of benzene rings is 1. The SMILES string of the molecule is CN=C(NCc1ccc(Br)c(F)c1)N1CCN(C(=O)C2CCCO2)CC1. The lowest BCUT2D eigenvalue weighted by Crippen LogP contribution is -2.55. The summed E-state index contributed by atoms with van der Waals surface area (Å²) in [6.07, 6.45) is 1.53.